The summed E-state index contributed by atoms with van der Waals surface area (Å²) in [5.74, 6) is 0.410. The van der Waals surface area contributed by atoms with Gasteiger partial charge in [0.2, 0.25) is 0 Å². The monoisotopic (exact) mass is 346 g/mol. The van der Waals surface area contributed by atoms with Gasteiger partial charge in [0.15, 0.2) is 0 Å². The Morgan fingerprint density at radius 2 is 1.55 bits per heavy atom. The van der Waals surface area contributed by atoms with E-state index in [2.05, 4.69) is 20.7 Å². The van der Waals surface area contributed by atoms with Gasteiger partial charge in [-0.3, -0.25) is 0 Å². The average Bonchev–Trinajstić information content (AvgIpc) is 2.36. The molecule has 6 heteroatoms. The molecule has 2 aromatic carbocycles. The van der Waals surface area contributed by atoms with E-state index in [4.69, 9.17) is 4.74 Å². The summed E-state index contributed by atoms with van der Waals surface area (Å²) in [6.45, 7) is 0. The lowest BCUT2D eigenvalue weighted by atomic mass is 10.1. The van der Waals surface area contributed by atoms with Crippen molar-refractivity contribution in [2.45, 2.75) is 6.36 Å². The quantitative estimate of drug-likeness (QED) is 0.776. The molecular weight excluding hydrogens is 337 g/mol. The van der Waals surface area contributed by atoms with Gasteiger partial charge in [0, 0.05) is 4.47 Å². The highest BCUT2D eigenvalue weighted by molar-refractivity contribution is 9.10. The van der Waals surface area contributed by atoms with Crippen LogP contribution in [-0.4, -0.2) is 13.5 Å². The van der Waals surface area contributed by atoms with Crippen LogP contribution in [0.3, 0.4) is 0 Å². The summed E-state index contributed by atoms with van der Waals surface area (Å²) in [6.07, 6.45) is -4.71. The van der Waals surface area contributed by atoms with Crippen LogP contribution in [0.4, 0.5) is 13.2 Å². The first kappa shape index (κ1) is 14.7. The second-order valence-corrected chi connectivity index (χ2v) is 4.87. The molecule has 0 bridgehead atoms. The molecule has 0 heterocycles. The third-order valence-corrected chi connectivity index (χ3v) is 2.99. The van der Waals surface area contributed by atoms with E-state index in [1.165, 1.54) is 12.1 Å². The smallest absolute Gasteiger partial charge is 0.497 e. The number of rotatable bonds is 3. The number of methoxy groups -OCH3 is 1. The third-order valence-electron chi connectivity index (χ3n) is 2.53. The molecule has 0 aliphatic carbocycles. The van der Waals surface area contributed by atoms with E-state index in [-0.39, 0.29) is 5.75 Å². The lowest BCUT2D eigenvalue weighted by Gasteiger charge is -2.11. The van der Waals surface area contributed by atoms with Crippen molar-refractivity contribution in [3.63, 3.8) is 0 Å². The SMILES string of the molecule is COc1ccc(-c2cc(Br)cc(OC(F)(F)F)c2)cc1. The first-order chi connectivity index (χ1) is 9.37. The Bertz CT molecular complexity index is 594. The van der Waals surface area contributed by atoms with Crippen LogP contribution in [0.2, 0.25) is 0 Å². The maximum atomic E-state index is 12.3. The maximum absolute atomic E-state index is 12.3. The second-order valence-electron chi connectivity index (χ2n) is 3.95. The molecule has 0 spiro atoms. The van der Waals surface area contributed by atoms with E-state index in [1.54, 1.807) is 37.4 Å². The molecule has 0 amide bonds. The minimum atomic E-state index is -4.71. The fourth-order valence-corrected chi connectivity index (χ4v) is 2.18. The Balaban J connectivity index is 2.35. The third kappa shape index (κ3) is 3.90. The predicted molar refractivity (Wildman–Crippen MR) is 72.8 cm³/mol. The van der Waals surface area contributed by atoms with Crippen molar-refractivity contribution < 1.29 is 22.6 Å². The van der Waals surface area contributed by atoms with Gasteiger partial charge in [0.05, 0.1) is 7.11 Å². The number of hydrogen-bond donors (Lipinski definition) is 0. The van der Waals surface area contributed by atoms with Crippen molar-refractivity contribution in [1.29, 1.82) is 0 Å². The predicted octanol–water partition coefficient (Wildman–Crippen LogP) is 5.02. The fourth-order valence-electron chi connectivity index (χ4n) is 1.71. The maximum Gasteiger partial charge on any atom is 0.573 e. The lowest BCUT2D eigenvalue weighted by Crippen LogP contribution is -2.17. The van der Waals surface area contributed by atoms with E-state index < -0.39 is 6.36 Å². The van der Waals surface area contributed by atoms with Gasteiger partial charge in [0.1, 0.15) is 11.5 Å². The van der Waals surface area contributed by atoms with Crippen LogP contribution in [0.1, 0.15) is 0 Å². The zero-order valence-corrected chi connectivity index (χ0v) is 12.0. The van der Waals surface area contributed by atoms with Crippen LogP contribution in [0, 0.1) is 0 Å². The van der Waals surface area contributed by atoms with Crippen molar-refractivity contribution in [1.82, 2.24) is 0 Å². The summed E-state index contributed by atoms with van der Waals surface area (Å²) >= 11 is 3.17. The Morgan fingerprint density at radius 1 is 0.900 bits per heavy atom. The van der Waals surface area contributed by atoms with Crippen LogP contribution >= 0.6 is 15.9 Å². The molecule has 0 unspecified atom stereocenters. The topological polar surface area (TPSA) is 18.5 Å². The molecule has 0 N–H and O–H groups in total. The Morgan fingerprint density at radius 3 is 2.10 bits per heavy atom. The largest absolute Gasteiger partial charge is 0.573 e. The highest BCUT2D eigenvalue weighted by Crippen LogP contribution is 2.32. The first-order valence-corrected chi connectivity index (χ1v) is 6.37. The van der Waals surface area contributed by atoms with Crippen LogP contribution in [-0.2, 0) is 0 Å². The molecule has 0 radical (unpaired) electrons. The van der Waals surface area contributed by atoms with E-state index in [1.807, 2.05) is 0 Å². The fraction of sp³-hybridized carbons (Fsp3) is 0.143. The van der Waals surface area contributed by atoms with Gasteiger partial charge in [-0.1, -0.05) is 28.1 Å². The summed E-state index contributed by atoms with van der Waals surface area (Å²) in [6, 6.07) is 11.3. The number of benzene rings is 2. The molecule has 2 rings (SSSR count). The molecule has 20 heavy (non-hydrogen) atoms. The summed E-state index contributed by atoms with van der Waals surface area (Å²) in [5, 5.41) is 0. The van der Waals surface area contributed by atoms with Gasteiger partial charge in [-0.15, -0.1) is 13.2 Å². The molecule has 2 aromatic rings. The summed E-state index contributed by atoms with van der Waals surface area (Å²) in [7, 11) is 1.55. The first-order valence-electron chi connectivity index (χ1n) is 5.58. The van der Waals surface area contributed by atoms with Gasteiger partial charge in [-0.2, -0.15) is 0 Å². The minimum Gasteiger partial charge on any atom is -0.497 e. The summed E-state index contributed by atoms with van der Waals surface area (Å²) in [5.41, 5.74) is 1.38. The van der Waals surface area contributed by atoms with Crippen LogP contribution in [0.15, 0.2) is 46.9 Å². The second kappa shape index (κ2) is 5.75. The van der Waals surface area contributed by atoms with Gasteiger partial charge in [-0.25, -0.2) is 0 Å². The Kier molecular flexibility index (Phi) is 4.23. The van der Waals surface area contributed by atoms with Crippen molar-refractivity contribution in [3.8, 4) is 22.6 Å². The van der Waals surface area contributed by atoms with Gasteiger partial charge in [0.25, 0.3) is 0 Å². The van der Waals surface area contributed by atoms with E-state index in [0.29, 0.717) is 15.8 Å². The normalized spacial score (nSPS) is 11.2. The molecule has 0 atom stereocenters. The molecule has 2 nitrogen and oxygen atoms in total. The molecule has 0 aliphatic rings. The number of halogens is 4. The van der Waals surface area contributed by atoms with Gasteiger partial charge < -0.3 is 9.47 Å². The van der Waals surface area contributed by atoms with Crippen molar-refractivity contribution in [3.05, 3.63) is 46.9 Å². The average molecular weight is 347 g/mol. The lowest BCUT2D eigenvalue weighted by molar-refractivity contribution is -0.274. The molecule has 0 aromatic heterocycles. The number of hydrogen-bond acceptors (Lipinski definition) is 2. The highest BCUT2D eigenvalue weighted by Gasteiger charge is 2.31. The van der Waals surface area contributed by atoms with Crippen LogP contribution in [0.5, 0.6) is 11.5 Å². The molecule has 0 aliphatic heterocycles. The zero-order chi connectivity index (χ0) is 14.8. The highest BCUT2D eigenvalue weighted by atomic mass is 79.9. The van der Waals surface area contributed by atoms with E-state index in [9.17, 15) is 13.2 Å². The van der Waals surface area contributed by atoms with Gasteiger partial charge in [-0.05, 0) is 41.5 Å². The molecule has 0 fully saturated rings. The van der Waals surface area contributed by atoms with Crippen molar-refractivity contribution >= 4 is 15.9 Å². The Labute approximate surface area is 122 Å². The Hall–Kier alpha value is -1.69. The summed E-state index contributed by atoms with van der Waals surface area (Å²) in [4.78, 5) is 0. The molecule has 0 saturated heterocycles. The van der Waals surface area contributed by atoms with Crippen LogP contribution < -0.4 is 9.47 Å². The standard InChI is InChI=1S/C14H10BrF3O2/c1-19-12-4-2-9(3-5-12)10-6-11(15)8-13(7-10)20-14(16,17)18/h2-8H,1H3. The minimum absolute atomic E-state index is 0.266. The number of alkyl halides is 3. The number of ether oxygens (including phenoxy) is 2. The zero-order valence-electron chi connectivity index (χ0n) is 10.4. The van der Waals surface area contributed by atoms with E-state index in [0.717, 1.165) is 5.56 Å². The van der Waals surface area contributed by atoms with Crippen molar-refractivity contribution in [2.24, 2.45) is 0 Å². The van der Waals surface area contributed by atoms with E-state index >= 15 is 0 Å². The molecular formula is C14H10BrF3O2. The summed E-state index contributed by atoms with van der Waals surface area (Å²) < 4.78 is 46.2. The van der Waals surface area contributed by atoms with Gasteiger partial charge >= 0.3 is 6.36 Å². The molecule has 0 saturated carbocycles. The van der Waals surface area contributed by atoms with Crippen LogP contribution in [0.25, 0.3) is 11.1 Å². The van der Waals surface area contributed by atoms with Crippen molar-refractivity contribution in [2.75, 3.05) is 7.11 Å². The molecule has 106 valence electrons.